The summed E-state index contributed by atoms with van der Waals surface area (Å²) in [6.45, 7) is 6.69. The Kier molecular flexibility index (Phi) is 4.97. The highest BCUT2D eigenvalue weighted by atomic mass is 32.1. The first kappa shape index (κ1) is 16.3. The maximum Gasteiger partial charge on any atom is 0.350 e. The van der Waals surface area contributed by atoms with Crippen LogP contribution in [0.2, 0.25) is 0 Å². The minimum Gasteiger partial charge on any atom is -0.465 e. The van der Waals surface area contributed by atoms with Gasteiger partial charge < -0.3 is 10.5 Å². The fourth-order valence-corrected chi connectivity index (χ4v) is 5.34. The first-order chi connectivity index (χ1) is 9.95. The standard InChI is InChI=1S/C17H27NO2S/c1-5-12-13(18)14(16(19)20-4)21-15(12)17(10-11(2)3)8-6-7-9-17/h11H,5-10,18H2,1-4H3. The number of ether oxygens (including phenoxy) is 1. The molecule has 3 nitrogen and oxygen atoms in total. The molecule has 2 rings (SSSR count). The van der Waals surface area contributed by atoms with Crippen LogP contribution < -0.4 is 5.73 Å². The van der Waals surface area contributed by atoms with E-state index >= 15 is 0 Å². The normalized spacial score (nSPS) is 17.4. The molecule has 0 aromatic carbocycles. The summed E-state index contributed by atoms with van der Waals surface area (Å²) in [4.78, 5) is 13.9. The number of thiophene rings is 1. The Morgan fingerprint density at radius 1 is 1.38 bits per heavy atom. The van der Waals surface area contributed by atoms with Gasteiger partial charge in [0.1, 0.15) is 4.88 Å². The Labute approximate surface area is 131 Å². The van der Waals surface area contributed by atoms with Gasteiger partial charge in [0.25, 0.3) is 0 Å². The summed E-state index contributed by atoms with van der Waals surface area (Å²) < 4.78 is 4.90. The average Bonchev–Trinajstić information content (AvgIpc) is 3.02. The summed E-state index contributed by atoms with van der Waals surface area (Å²) in [7, 11) is 1.42. The van der Waals surface area contributed by atoms with Gasteiger partial charge in [0.15, 0.2) is 0 Å². The second kappa shape index (κ2) is 6.39. The molecule has 0 bridgehead atoms. The molecule has 1 fully saturated rings. The minimum absolute atomic E-state index is 0.227. The van der Waals surface area contributed by atoms with Crippen LogP contribution in [0, 0.1) is 5.92 Å². The number of hydrogen-bond donors (Lipinski definition) is 1. The van der Waals surface area contributed by atoms with Crippen molar-refractivity contribution >= 4 is 23.0 Å². The smallest absolute Gasteiger partial charge is 0.350 e. The molecule has 0 unspecified atom stereocenters. The molecule has 1 aromatic heterocycles. The van der Waals surface area contributed by atoms with Gasteiger partial charge in [-0.25, -0.2) is 4.79 Å². The molecule has 0 amide bonds. The first-order valence-electron chi connectivity index (χ1n) is 7.95. The Morgan fingerprint density at radius 2 is 2.00 bits per heavy atom. The molecule has 0 radical (unpaired) electrons. The topological polar surface area (TPSA) is 52.3 Å². The van der Waals surface area contributed by atoms with Gasteiger partial charge in [0.05, 0.1) is 12.8 Å². The summed E-state index contributed by atoms with van der Waals surface area (Å²) in [6, 6.07) is 0. The molecule has 4 heteroatoms. The largest absolute Gasteiger partial charge is 0.465 e. The third-order valence-electron chi connectivity index (χ3n) is 4.61. The molecule has 118 valence electrons. The monoisotopic (exact) mass is 309 g/mol. The van der Waals surface area contributed by atoms with Crippen molar-refractivity contribution in [3.63, 3.8) is 0 Å². The van der Waals surface area contributed by atoms with Crippen LogP contribution in [0.15, 0.2) is 0 Å². The number of hydrogen-bond acceptors (Lipinski definition) is 4. The highest BCUT2D eigenvalue weighted by Crippen LogP contribution is 2.51. The zero-order chi connectivity index (χ0) is 15.6. The van der Waals surface area contributed by atoms with Gasteiger partial charge >= 0.3 is 5.97 Å². The molecule has 1 aliphatic rings. The number of methoxy groups -OCH3 is 1. The third kappa shape index (κ3) is 2.96. The number of anilines is 1. The lowest BCUT2D eigenvalue weighted by Crippen LogP contribution is -2.24. The lowest BCUT2D eigenvalue weighted by Gasteiger charge is -2.31. The van der Waals surface area contributed by atoms with Crippen molar-refractivity contribution in [2.24, 2.45) is 5.92 Å². The maximum atomic E-state index is 12.0. The van der Waals surface area contributed by atoms with E-state index in [4.69, 9.17) is 10.5 Å². The van der Waals surface area contributed by atoms with E-state index in [0.717, 1.165) is 6.42 Å². The van der Waals surface area contributed by atoms with Gasteiger partial charge in [-0.15, -0.1) is 11.3 Å². The maximum absolute atomic E-state index is 12.0. The second-order valence-electron chi connectivity index (χ2n) is 6.58. The average molecular weight is 309 g/mol. The molecule has 1 aliphatic carbocycles. The predicted molar refractivity (Wildman–Crippen MR) is 89.0 cm³/mol. The van der Waals surface area contributed by atoms with Crippen molar-refractivity contribution in [3.8, 4) is 0 Å². The van der Waals surface area contributed by atoms with Crippen LogP contribution in [0.3, 0.4) is 0 Å². The van der Waals surface area contributed by atoms with E-state index in [1.807, 2.05) is 0 Å². The zero-order valence-electron chi connectivity index (χ0n) is 13.6. The van der Waals surface area contributed by atoms with E-state index in [1.165, 1.54) is 49.7 Å². The second-order valence-corrected chi connectivity index (χ2v) is 7.60. The molecule has 0 spiro atoms. The number of nitrogen functional groups attached to an aromatic ring is 1. The molecule has 0 saturated heterocycles. The van der Waals surface area contributed by atoms with E-state index in [2.05, 4.69) is 20.8 Å². The van der Waals surface area contributed by atoms with E-state index in [1.54, 1.807) is 11.3 Å². The number of rotatable bonds is 5. The Balaban J connectivity index is 2.52. The van der Waals surface area contributed by atoms with Gasteiger partial charge in [0, 0.05) is 10.3 Å². The summed E-state index contributed by atoms with van der Waals surface area (Å²) >= 11 is 1.58. The lowest BCUT2D eigenvalue weighted by molar-refractivity contribution is 0.0607. The van der Waals surface area contributed by atoms with Crippen molar-refractivity contribution < 1.29 is 9.53 Å². The minimum atomic E-state index is -0.295. The van der Waals surface area contributed by atoms with Crippen molar-refractivity contribution in [3.05, 3.63) is 15.3 Å². The van der Waals surface area contributed by atoms with Crippen LogP contribution in [0.1, 0.15) is 73.0 Å². The number of nitrogens with two attached hydrogens (primary N) is 1. The first-order valence-corrected chi connectivity index (χ1v) is 8.76. The summed E-state index contributed by atoms with van der Waals surface area (Å²) in [5.74, 6) is 0.355. The third-order valence-corrected chi connectivity index (χ3v) is 6.09. The van der Waals surface area contributed by atoms with E-state index < -0.39 is 0 Å². The predicted octanol–water partition coefficient (Wildman–Crippen LogP) is 4.54. The molecule has 2 N–H and O–H groups in total. The van der Waals surface area contributed by atoms with E-state index in [0.29, 0.717) is 16.5 Å². The van der Waals surface area contributed by atoms with Gasteiger partial charge in [-0.2, -0.15) is 0 Å². The molecule has 0 atom stereocenters. The Hall–Kier alpha value is -1.03. The fourth-order valence-electron chi connectivity index (χ4n) is 3.86. The molecule has 21 heavy (non-hydrogen) atoms. The van der Waals surface area contributed by atoms with Crippen molar-refractivity contribution in [1.29, 1.82) is 0 Å². The van der Waals surface area contributed by atoms with Gasteiger partial charge in [-0.05, 0) is 37.2 Å². The van der Waals surface area contributed by atoms with Gasteiger partial charge in [-0.1, -0.05) is 33.6 Å². The van der Waals surface area contributed by atoms with Crippen LogP contribution in [0.5, 0.6) is 0 Å². The van der Waals surface area contributed by atoms with Crippen LogP contribution >= 0.6 is 11.3 Å². The molecule has 1 aromatic rings. The molecule has 1 heterocycles. The molecule has 0 aliphatic heterocycles. The quantitative estimate of drug-likeness (QED) is 0.813. The highest BCUT2D eigenvalue weighted by molar-refractivity contribution is 7.15. The van der Waals surface area contributed by atoms with Crippen LogP contribution in [0.25, 0.3) is 0 Å². The zero-order valence-corrected chi connectivity index (χ0v) is 14.4. The summed E-state index contributed by atoms with van der Waals surface area (Å²) in [5, 5.41) is 0. The van der Waals surface area contributed by atoms with Crippen molar-refractivity contribution in [2.45, 2.75) is 64.7 Å². The summed E-state index contributed by atoms with van der Waals surface area (Å²) in [5.41, 5.74) is 8.32. The number of carbonyl (C=O) groups excluding carboxylic acids is 1. The SMILES string of the molecule is CCc1c(C2(CC(C)C)CCCC2)sc(C(=O)OC)c1N. The molecular weight excluding hydrogens is 282 g/mol. The fraction of sp³-hybridized carbons (Fsp3) is 0.706. The number of esters is 1. The van der Waals surface area contributed by atoms with Crippen molar-refractivity contribution in [1.82, 2.24) is 0 Å². The number of carbonyl (C=O) groups is 1. The van der Waals surface area contributed by atoms with E-state index in [-0.39, 0.29) is 11.4 Å². The van der Waals surface area contributed by atoms with E-state index in [9.17, 15) is 4.79 Å². The van der Waals surface area contributed by atoms with Crippen molar-refractivity contribution in [2.75, 3.05) is 12.8 Å². The van der Waals surface area contributed by atoms with Crippen LogP contribution in [-0.4, -0.2) is 13.1 Å². The van der Waals surface area contributed by atoms with Gasteiger partial charge in [-0.3, -0.25) is 0 Å². The van der Waals surface area contributed by atoms with Gasteiger partial charge in [0.2, 0.25) is 0 Å². The van der Waals surface area contributed by atoms with Crippen LogP contribution in [0.4, 0.5) is 5.69 Å². The lowest BCUT2D eigenvalue weighted by atomic mass is 9.75. The Morgan fingerprint density at radius 3 is 2.48 bits per heavy atom. The van der Waals surface area contributed by atoms with Crippen LogP contribution in [-0.2, 0) is 16.6 Å². The highest BCUT2D eigenvalue weighted by Gasteiger charge is 2.40. The Bertz CT molecular complexity index is 513. The molecular formula is C17H27NO2S. The molecule has 1 saturated carbocycles. The summed E-state index contributed by atoms with van der Waals surface area (Å²) in [6.07, 6.45) is 7.06.